The summed E-state index contributed by atoms with van der Waals surface area (Å²) in [6.45, 7) is 2.55. The molecule has 26 heavy (non-hydrogen) atoms. The van der Waals surface area contributed by atoms with Crippen LogP contribution in [0, 0.1) is 0 Å². The summed E-state index contributed by atoms with van der Waals surface area (Å²) in [7, 11) is 3.15. The number of anilines is 1. The van der Waals surface area contributed by atoms with Gasteiger partial charge < -0.3 is 19.7 Å². The van der Waals surface area contributed by atoms with Gasteiger partial charge in [0.05, 0.1) is 14.2 Å². The van der Waals surface area contributed by atoms with Crippen LogP contribution in [0.2, 0.25) is 0 Å². The summed E-state index contributed by atoms with van der Waals surface area (Å²) in [4.78, 5) is 25.9. The highest BCUT2D eigenvalue weighted by Gasteiger charge is 2.23. The lowest BCUT2D eigenvalue weighted by atomic mass is 10.1. The minimum Gasteiger partial charge on any atom is -0.493 e. The number of carbonyl (C=O) groups excluding carboxylic acids is 2. The first kappa shape index (κ1) is 17.8. The molecular formula is C20H22N2O4. The predicted molar refractivity (Wildman–Crippen MR) is 98.9 cm³/mol. The molecule has 0 spiro atoms. The Bertz CT molecular complexity index is 848. The standard InChI is InChI=1S/C20H22N2O4/c1-13(23)22-10-9-14-11-15(7-8-17(14)22)20(24)21-12-16-5-4-6-18(25-2)19(16)26-3/h4-8,11H,9-10,12H2,1-3H3,(H,21,24). The maximum atomic E-state index is 12.5. The van der Waals surface area contributed by atoms with Crippen LogP contribution in [-0.2, 0) is 17.8 Å². The minimum absolute atomic E-state index is 0.0195. The van der Waals surface area contributed by atoms with Gasteiger partial charge in [0.15, 0.2) is 11.5 Å². The normalized spacial score (nSPS) is 12.5. The lowest BCUT2D eigenvalue weighted by Crippen LogP contribution is -2.26. The van der Waals surface area contributed by atoms with Gasteiger partial charge in [-0.1, -0.05) is 12.1 Å². The number of ether oxygens (including phenoxy) is 2. The van der Waals surface area contributed by atoms with Crippen LogP contribution in [-0.4, -0.2) is 32.6 Å². The fraction of sp³-hybridized carbons (Fsp3) is 0.300. The van der Waals surface area contributed by atoms with E-state index in [9.17, 15) is 9.59 Å². The van der Waals surface area contributed by atoms with Crippen LogP contribution in [0.25, 0.3) is 0 Å². The van der Waals surface area contributed by atoms with E-state index in [4.69, 9.17) is 9.47 Å². The number of rotatable bonds is 5. The molecule has 0 atom stereocenters. The van der Waals surface area contributed by atoms with E-state index in [2.05, 4.69) is 5.32 Å². The van der Waals surface area contributed by atoms with Gasteiger partial charge in [0.25, 0.3) is 5.91 Å². The summed E-state index contributed by atoms with van der Waals surface area (Å²) in [6.07, 6.45) is 0.764. The number of carbonyl (C=O) groups is 2. The SMILES string of the molecule is COc1cccc(CNC(=O)c2ccc3c(c2)CCN3C(C)=O)c1OC. The highest BCUT2D eigenvalue weighted by molar-refractivity contribution is 5.97. The third-order valence-corrected chi connectivity index (χ3v) is 4.54. The molecule has 1 heterocycles. The molecule has 0 fully saturated rings. The van der Waals surface area contributed by atoms with E-state index in [-0.39, 0.29) is 11.8 Å². The zero-order chi connectivity index (χ0) is 18.7. The molecule has 136 valence electrons. The first-order valence-electron chi connectivity index (χ1n) is 8.44. The molecular weight excluding hydrogens is 332 g/mol. The second-order valence-corrected chi connectivity index (χ2v) is 6.10. The van der Waals surface area contributed by atoms with Crippen LogP contribution in [0.5, 0.6) is 11.5 Å². The first-order valence-corrected chi connectivity index (χ1v) is 8.44. The molecule has 0 unspecified atom stereocenters. The van der Waals surface area contributed by atoms with Crippen molar-refractivity contribution in [3.63, 3.8) is 0 Å². The van der Waals surface area contributed by atoms with E-state index in [1.807, 2.05) is 30.3 Å². The van der Waals surface area contributed by atoms with Crippen LogP contribution < -0.4 is 19.7 Å². The van der Waals surface area contributed by atoms with Gasteiger partial charge >= 0.3 is 0 Å². The van der Waals surface area contributed by atoms with Gasteiger partial charge in [0.2, 0.25) is 5.91 Å². The van der Waals surface area contributed by atoms with E-state index in [0.717, 1.165) is 23.2 Å². The molecule has 1 N–H and O–H groups in total. The topological polar surface area (TPSA) is 67.9 Å². The van der Waals surface area contributed by atoms with Gasteiger partial charge in [0.1, 0.15) is 0 Å². The van der Waals surface area contributed by atoms with Crippen molar-refractivity contribution in [3.05, 3.63) is 53.1 Å². The van der Waals surface area contributed by atoms with Crippen molar-refractivity contribution in [1.82, 2.24) is 5.32 Å². The Morgan fingerprint density at radius 3 is 2.65 bits per heavy atom. The molecule has 3 rings (SSSR count). The summed E-state index contributed by atoms with van der Waals surface area (Å²) in [5.41, 5.74) is 3.33. The van der Waals surface area contributed by atoms with Gasteiger partial charge in [-0.3, -0.25) is 9.59 Å². The van der Waals surface area contributed by atoms with Crippen molar-refractivity contribution in [2.24, 2.45) is 0 Å². The van der Waals surface area contributed by atoms with Crippen LogP contribution in [0.15, 0.2) is 36.4 Å². The second kappa shape index (κ2) is 7.47. The minimum atomic E-state index is -0.168. The molecule has 2 aromatic rings. The molecule has 2 amide bonds. The Hall–Kier alpha value is -3.02. The molecule has 1 aliphatic rings. The number of nitrogens with one attached hydrogen (secondary N) is 1. The lowest BCUT2D eigenvalue weighted by Gasteiger charge is -2.15. The van der Waals surface area contributed by atoms with Crippen LogP contribution >= 0.6 is 0 Å². The number of nitrogens with zero attached hydrogens (tertiary/aromatic N) is 1. The largest absolute Gasteiger partial charge is 0.493 e. The molecule has 2 aromatic carbocycles. The molecule has 6 heteroatoms. The van der Waals surface area contributed by atoms with Crippen molar-refractivity contribution in [2.75, 3.05) is 25.7 Å². The van der Waals surface area contributed by atoms with Gasteiger partial charge in [-0.25, -0.2) is 0 Å². The average Bonchev–Trinajstić information content (AvgIpc) is 3.08. The number of amides is 2. The Morgan fingerprint density at radius 1 is 1.15 bits per heavy atom. The summed E-state index contributed by atoms with van der Waals surface area (Å²) >= 11 is 0. The number of benzene rings is 2. The number of para-hydroxylation sites is 1. The zero-order valence-electron chi connectivity index (χ0n) is 15.2. The van der Waals surface area contributed by atoms with Crippen molar-refractivity contribution < 1.29 is 19.1 Å². The van der Waals surface area contributed by atoms with Crippen LogP contribution in [0.1, 0.15) is 28.4 Å². The van der Waals surface area contributed by atoms with Crippen molar-refractivity contribution in [2.45, 2.75) is 19.9 Å². The van der Waals surface area contributed by atoms with Gasteiger partial charge in [-0.2, -0.15) is 0 Å². The van der Waals surface area contributed by atoms with E-state index < -0.39 is 0 Å². The predicted octanol–water partition coefficient (Wildman–Crippen LogP) is 2.54. The van der Waals surface area contributed by atoms with Crippen LogP contribution in [0.4, 0.5) is 5.69 Å². The third kappa shape index (κ3) is 3.35. The van der Waals surface area contributed by atoms with Crippen molar-refractivity contribution >= 4 is 17.5 Å². The molecule has 0 aromatic heterocycles. The van der Waals surface area contributed by atoms with E-state index >= 15 is 0 Å². The molecule has 6 nitrogen and oxygen atoms in total. The first-order chi connectivity index (χ1) is 12.5. The van der Waals surface area contributed by atoms with E-state index in [1.165, 1.54) is 0 Å². The van der Waals surface area contributed by atoms with Crippen molar-refractivity contribution in [3.8, 4) is 11.5 Å². The number of hydrogen-bond donors (Lipinski definition) is 1. The smallest absolute Gasteiger partial charge is 0.251 e. The molecule has 0 bridgehead atoms. The summed E-state index contributed by atoms with van der Waals surface area (Å²) in [5.74, 6) is 1.09. The summed E-state index contributed by atoms with van der Waals surface area (Å²) in [6, 6.07) is 11.0. The molecule has 0 saturated heterocycles. The van der Waals surface area contributed by atoms with Gasteiger partial charge in [-0.15, -0.1) is 0 Å². The lowest BCUT2D eigenvalue weighted by molar-refractivity contribution is -0.116. The second-order valence-electron chi connectivity index (χ2n) is 6.10. The van der Waals surface area contributed by atoms with Gasteiger partial charge in [-0.05, 0) is 36.2 Å². The van der Waals surface area contributed by atoms with Gasteiger partial charge in [0, 0.05) is 36.8 Å². The number of methoxy groups -OCH3 is 2. The van der Waals surface area contributed by atoms with E-state index in [1.54, 1.807) is 32.1 Å². The Morgan fingerprint density at radius 2 is 1.96 bits per heavy atom. The third-order valence-electron chi connectivity index (χ3n) is 4.54. The molecule has 1 aliphatic heterocycles. The summed E-state index contributed by atoms with van der Waals surface area (Å²) in [5, 5.41) is 2.91. The Kier molecular flexibility index (Phi) is 5.11. The fourth-order valence-electron chi connectivity index (χ4n) is 3.24. The quantitative estimate of drug-likeness (QED) is 0.896. The molecule has 0 radical (unpaired) electrons. The van der Waals surface area contributed by atoms with E-state index in [0.29, 0.717) is 30.2 Å². The average molecular weight is 354 g/mol. The maximum absolute atomic E-state index is 12.5. The Labute approximate surface area is 152 Å². The monoisotopic (exact) mass is 354 g/mol. The molecule has 0 aliphatic carbocycles. The molecule has 0 saturated carbocycles. The maximum Gasteiger partial charge on any atom is 0.251 e. The number of fused-ring (bicyclic) bond motifs is 1. The highest BCUT2D eigenvalue weighted by Crippen LogP contribution is 2.31. The zero-order valence-corrected chi connectivity index (χ0v) is 15.2. The number of hydrogen-bond acceptors (Lipinski definition) is 4. The van der Waals surface area contributed by atoms with Crippen LogP contribution in [0.3, 0.4) is 0 Å². The fourth-order valence-corrected chi connectivity index (χ4v) is 3.24. The highest BCUT2D eigenvalue weighted by atomic mass is 16.5. The van der Waals surface area contributed by atoms with Crippen molar-refractivity contribution in [1.29, 1.82) is 0 Å². The Balaban J connectivity index is 1.73. The summed E-state index contributed by atoms with van der Waals surface area (Å²) < 4.78 is 10.7.